The van der Waals surface area contributed by atoms with Crippen LogP contribution in [-0.2, 0) is 20.1 Å². The van der Waals surface area contributed by atoms with Gasteiger partial charge in [-0.2, -0.15) is 0 Å². The van der Waals surface area contributed by atoms with Gasteiger partial charge in [0.05, 0.1) is 40.2 Å². The molecule has 1 aliphatic rings. The van der Waals surface area contributed by atoms with Crippen molar-refractivity contribution in [3.05, 3.63) is 46.8 Å². The fraction of sp³-hybridized carbons (Fsp3) is 0.381. The van der Waals surface area contributed by atoms with Gasteiger partial charge in [-0.1, -0.05) is 0 Å². The molecule has 0 radical (unpaired) electrons. The van der Waals surface area contributed by atoms with Gasteiger partial charge in [-0.05, 0) is 68.7 Å². The number of imidazole rings is 1. The van der Waals surface area contributed by atoms with Crippen LogP contribution in [-0.4, -0.2) is 37.4 Å². The SMILES string of the molecule is Cc1cc(-c2nc3ccc(S(C)(=O)=O)cc3n2C2(C)COC2)c(F)c(C)c1C. The van der Waals surface area contributed by atoms with E-state index >= 15 is 4.39 Å². The van der Waals surface area contributed by atoms with Crippen LogP contribution in [0.5, 0.6) is 0 Å². The van der Waals surface area contributed by atoms with E-state index in [1.165, 1.54) is 6.26 Å². The van der Waals surface area contributed by atoms with E-state index in [2.05, 4.69) is 0 Å². The van der Waals surface area contributed by atoms with Crippen LogP contribution in [0.1, 0.15) is 23.6 Å². The van der Waals surface area contributed by atoms with Crippen LogP contribution in [0.3, 0.4) is 0 Å². The third kappa shape index (κ3) is 2.76. The van der Waals surface area contributed by atoms with Crippen LogP contribution in [0, 0.1) is 26.6 Å². The molecule has 1 saturated heterocycles. The molecular weight excluding hydrogens is 379 g/mol. The minimum Gasteiger partial charge on any atom is -0.376 e. The molecule has 7 heteroatoms. The normalized spacial score (nSPS) is 16.4. The van der Waals surface area contributed by atoms with Crippen LogP contribution in [0.4, 0.5) is 4.39 Å². The maximum Gasteiger partial charge on any atom is 0.175 e. The highest BCUT2D eigenvalue weighted by molar-refractivity contribution is 7.90. The lowest BCUT2D eigenvalue weighted by Crippen LogP contribution is -2.49. The van der Waals surface area contributed by atoms with Crippen molar-refractivity contribution in [1.29, 1.82) is 0 Å². The molecule has 0 unspecified atom stereocenters. The zero-order chi connectivity index (χ0) is 20.4. The Bertz CT molecular complexity index is 1220. The van der Waals surface area contributed by atoms with Gasteiger partial charge in [0.15, 0.2) is 9.84 Å². The predicted octanol–water partition coefficient (Wildman–Crippen LogP) is 3.92. The standard InChI is InChI=1S/C21H23FN2O3S/c1-12-8-16(19(22)14(3)13(12)2)20-23-17-7-6-15(28(5,25)26)9-18(17)24(20)21(4)10-27-11-21/h6-9H,10-11H2,1-5H3. The molecule has 3 aromatic rings. The molecule has 0 atom stereocenters. The molecule has 148 valence electrons. The maximum atomic E-state index is 15.2. The van der Waals surface area contributed by atoms with Crippen LogP contribution in [0.2, 0.25) is 0 Å². The molecule has 0 N–H and O–H groups in total. The van der Waals surface area contributed by atoms with Crippen molar-refractivity contribution in [2.24, 2.45) is 0 Å². The first-order valence-electron chi connectivity index (χ1n) is 9.10. The second-order valence-corrected chi connectivity index (χ2v) is 10.0. The van der Waals surface area contributed by atoms with E-state index in [-0.39, 0.29) is 10.7 Å². The molecule has 1 aliphatic heterocycles. The third-order valence-corrected chi connectivity index (χ3v) is 6.85. The number of sulfone groups is 1. The van der Waals surface area contributed by atoms with Gasteiger partial charge >= 0.3 is 0 Å². The predicted molar refractivity (Wildman–Crippen MR) is 107 cm³/mol. The van der Waals surface area contributed by atoms with E-state index in [1.54, 1.807) is 25.1 Å². The smallest absolute Gasteiger partial charge is 0.175 e. The summed E-state index contributed by atoms with van der Waals surface area (Å²) in [6.45, 7) is 8.55. The molecule has 2 heterocycles. The largest absolute Gasteiger partial charge is 0.376 e. The Hall–Kier alpha value is -2.25. The van der Waals surface area contributed by atoms with Crippen molar-refractivity contribution >= 4 is 20.9 Å². The quantitative estimate of drug-likeness (QED) is 0.666. The average molecular weight is 402 g/mol. The number of hydrogen-bond acceptors (Lipinski definition) is 4. The number of rotatable bonds is 3. The lowest BCUT2D eigenvalue weighted by atomic mass is 9.96. The Kier molecular flexibility index (Phi) is 4.17. The van der Waals surface area contributed by atoms with Crippen LogP contribution in [0.25, 0.3) is 22.4 Å². The summed E-state index contributed by atoms with van der Waals surface area (Å²) in [6, 6.07) is 6.66. The lowest BCUT2D eigenvalue weighted by Gasteiger charge is -2.41. The summed E-state index contributed by atoms with van der Waals surface area (Å²) in [5.74, 6) is 0.196. The van der Waals surface area contributed by atoms with E-state index in [0.717, 1.165) is 11.1 Å². The molecule has 0 saturated carbocycles. The van der Waals surface area contributed by atoms with Crippen molar-refractivity contribution in [3.63, 3.8) is 0 Å². The van der Waals surface area contributed by atoms with Gasteiger partial charge < -0.3 is 9.30 Å². The van der Waals surface area contributed by atoms with E-state index < -0.39 is 15.4 Å². The Morgan fingerprint density at radius 2 is 1.82 bits per heavy atom. The summed E-state index contributed by atoms with van der Waals surface area (Å²) in [6.07, 6.45) is 1.18. The molecule has 4 rings (SSSR count). The highest BCUT2D eigenvalue weighted by Crippen LogP contribution is 2.38. The van der Waals surface area contributed by atoms with E-state index in [1.807, 2.05) is 31.4 Å². The van der Waals surface area contributed by atoms with Gasteiger partial charge in [-0.25, -0.2) is 17.8 Å². The molecule has 1 fully saturated rings. The van der Waals surface area contributed by atoms with Gasteiger partial charge in [0.1, 0.15) is 11.6 Å². The number of fused-ring (bicyclic) bond motifs is 1. The second kappa shape index (κ2) is 6.12. The van der Waals surface area contributed by atoms with Gasteiger partial charge in [-0.3, -0.25) is 0 Å². The minimum absolute atomic E-state index is 0.216. The topological polar surface area (TPSA) is 61.2 Å². The van der Waals surface area contributed by atoms with Gasteiger partial charge in [0, 0.05) is 6.26 Å². The number of aromatic nitrogens is 2. The van der Waals surface area contributed by atoms with E-state index in [0.29, 0.717) is 41.2 Å². The summed E-state index contributed by atoms with van der Waals surface area (Å²) in [4.78, 5) is 4.92. The van der Waals surface area contributed by atoms with Gasteiger partial charge in [-0.15, -0.1) is 0 Å². The molecule has 0 amide bonds. The summed E-state index contributed by atoms with van der Waals surface area (Å²) in [5, 5.41) is 0. The Morgan fingerprint density at radius 1 is 1.14 bits per heavy atom. The average Bonchev–Trinajstić information content (AvgIpc) is 2.99. The summed E-state index contributed by atoms with van der Waals surface area (Å²) >= 11 is 0. The highest BCUT2D eigenvalue weighted by Gasteiger charge is 2.39. The summed E-state index contributed by atoms with van der Waals surface area (Å²) < 4.78 is 46.7. The fourth-order valence-corrected chi connectivity index (χ4v) is 4.39. The molecule has 0 bridgehead atoms. The maximum absolute atomic E-state index is 15.2. The van der Waals surface area contributed by atoms with Crippen molar-refractivity contribution < 1.29 is 17.5 Å². The van der Waals surface area contributed by atoms with Crippen molar-refractivity contribution in [3.8, 4) is 11.4 Å². The lowest BCUT2D eigenvalue weighted by molar-refractivity contribution is -0.0868. The van der Waals surface area contributed by atoms with Crippen LogP contribution >= 0.6 is 0 Å². The van der Waals surface area contributed by atoms with E-state index in [9.17, 15) is 8.42 Å². The molecule has 1 aromatic heterocycles. The Balaban J connectivity index is 2.09. The Morgan fingerprint density at radius 3 is 2.39 bits per heavy atom. The molecular formula is C21H23FN2O3S. The highest BCUT2D eigenvalue weighted by atomic mass is 32.2. The fourth-order valence-electron chi connectivity index (χ4n) is 3.75. The number of halogens is 1. The molecule has 0 spiro atoms. The first kappa shape index (κ1) is 19.1. The van der Waals surface area contributed by atoms with Crippen molar-refractivity contribution in [2.75, 3.05) is 19.5 Å². The summed E-state index contributed by atoms with van der Waals surface area (Å²) in [7, 11) is -3.37. The van der Waals surface area contributed by atoms with Gasteiger partial charge in [0.2, 0.25) is 0 Å². The van der Waals surface area contributed by atoms with Crippen molar-refractivity contribution in [2.45, 2.75) is 38.1 Å². The molecule has 28 heavy (non-hydrogen) atoms. The zero-order valence-electron chi connectivity index (χ0n) is 16.6. The number of aryl methyl sites for hydroxylation is 1. The number of nitrogens with zero attached hydrogens (tertiary/aromatic N) is 2. The van der Waals surface area contributed by atoms with E-state index in [4.69, 9.17) is 9.72 Å². The van der Waals surface area contributed by atoms with Crippen LogP contribution < -0.4 is 0 Å². The number of ether oxygens (including phenoxy) is 1. The Labute approximate surface area is 164 Å². The number of hydrogen-bond donors (Lipinski definition) is 0. The second-order valence-electron chi connectivity index (χ2n) is 7.99. The number of benzene rings is 2. The summed E-state index contributed by atoms with van der Waals surface area (Å²) in [5.41, 5.74) is 3.80. The molecule has 5 nitrogen and oxygen atoms in total. The van der Waals surface area contributed by atoms with Crippen LogP contribution in [0.15, 0.2) is 29.2 Å². The monoisotopic (exact) mass is 402 g/mol. The first-order valence-corrected chi connectivity index (χ1v) is 11.0. The third-order valence-electron chi connectivity index (χ3n) is 5.74. The van der Waals surface area contributed by atoms with Crippen molar-refractivity contribution in [1.82, 2.24) is 9.55 Å². The zero-order valence-corrected chi connectivity index (χ0v) is 17.4. The first-order chi connectivity index (χ1) is 13.0. The molecule has 0 aliphatic carbocycles. The van der Waals surface area contributed by atoms with Gasteiger partial charge in [0.25, 0.3) is 0 Å². The minimum atomic E-state index is -3.37. The molecule has 2 aromatic carbocycles.